The third-order valence-electron chi connectivity index (χ3n) is 2.10. The summed E-state index contributed by atoms with van der Waals surface area (Å²) in [6.45, 7) is 0. The summed E-state index contributed by atoms with van der Waals surface area (Å²) >= 11 is 3.21. The Morgan fingerprint density at radius 2 is 2.11 bits per heavy atom. The first-order valence-corrected chi connectivity index (χ1v) is 5.62. The highest BCUT2D eigenvalue weighted by atomic mass is 79.9. The molecular weight excluding hydrogens is 323 g/mol. The summed E-state index contributed by atoms with van der Waals surface area (Å²) in [4.78, 5) is 15.6. The van der Waals surface area contributed by atoms with Gasteiger partial charge in [0.25, 0.3) is 5.91 Å². The molecule has 0 saturated heterocycles. The molecule has 2 rings (SSSR count). The van der Waals surface area contributed by atoms with Gasteiger partial charge in [0.05, 0.1) is 11.3 Å². The average Bonchev–Trinajstić information content (AvgIpc) is 2.35. The molecule has 1 heterocycles. The molecule has 94 valence electrons. The van der Waals surface area contributed by atoms with E-state index >= 15 is 0 Å². The summed E-state index contributed by atoms with van der Waals surface area (Å²) in [5, 5.41) is 2.48. The van der Waals surface area contributed by atoms with Gasteiger partial charge < -0.3 is 5.32 Å². The van der Waals surface area contributed by atoms with Crippen molar-refractivity contribution in [3.05, 3.63) is 58.6 Å². The Kier molecular flexibility index (Phi) is 5.25. The molecule has 0 aliphatic rings. The Morgan fingerprint density at radius 1 is 1.33 bits per heavy atom. The van der Waals surface area contributed by atoms with Crippen LogP contribution in [0.25, 0.3) is 0 Å². The van der Waals surface area contributed by atoms with Crippen molar-refractivity contribution in [3.63, 3.8) is 0 Å². The summed E-state index contributed by atoms with van der Waals surface area (Å²) in [5.41, 5.74) is 0.514. The van der Waals surface area contributed by atoms with Gasteiger partial charge in [0.2, 0.25) is 0 Å². The zero-order chi connectivity index (χ0) is 12.3. The van der Waals surface area contributed by atoms with Crippen molar-refractivity contribution >= 4 is 39.9 Å². The maximum absolute atomic E-state index is 13.4. The highest BCUT2D eigenvalue weighted by molar-refractivity contribution is 9.10. The lowest BCUT2D eigenvalue weighted by Crippen LogP contribution is -2.13. The molecular formula is C12H9BrClFN2O. The molecule has 0 spiro atoms. The van der Waals surface area contributed by atoms with Crippen LogP contribution in [0.3, 0.4) is 0 Å². The molecule has 1 aromatic carbocycles. The average molecular weight is 332 g/mol. The van der Waals surface area contributed by atoms with E-state index in [0.717, 1.165) is 0 Å². The van der Waals surface area contributed by atoms with Crippen LogP contribution < -0.4 is 5.32 Å². The largest absolute Gasteiger partial charge is 0.319 e. The van der Waals surface area contributed by atoms with E-state index in [-0.39, 0.29) is 18.1 Å². The minimum Gasteiger partial charge on any atom is -0.319 e. The van der Waals surface area contributed by atoms with Crippen molar-refractivity contribution < 1.29 is 9.18 Å². The van der Waals surface area contributed by atoms with Crippen molar-refractivity contribution in [1.82, 2.24) is 4.98 Å². The smallest absolute Gasteiger partial charge is 0.257 e. The van der Waals surface area contributed by atoms with Crippen LogP contribution in [-0.4, -0.2) is 10.9 Å². The second kappa shape index (κ2) is 6.47. The number of hydrogen-bond donors (Lipinski definition) is 1. The van der Waals surface area contributed by atoms with Crippen LogP contribution >= 0.6 is 28.3 Å². The number of aromatic nitrogens is 1. The van der Waals surface area contributed by atoms with Gasteiger partial charge in [-0.15, -0.1) is 12.4 Å². The molecule has 2 aromatic rings. The van der Waals surface area contributed by atoms with E-state index in [1.54, 1.807) is 24.4 Å². The Bertz CT molecular complexity index is 551. The topological polar surface area (TPSA) is 42.0 Å². The van der Waals surface area contributed by atoms with Crippen LogP contribution in [0, 0.1) is 5.82 Å². The van der Waals surface area contributed by atoms with E-state index in [2.05, 4.69) is 26.2 Å². The monoisotopic (exact) mass is 330 g/mol. The van der Waals surface area contributed by atoms with Crippen LogP contribution in [-0.2, 0) is 0 Å². The zero-order valence-corrected chi connectivity index (χ0v) is 11.5. The van der Waals surface area contributed by atoms with Crippen molar-refractivity contribution in [3.8, 4) is 0 Å². The predicted molar refractivity (Wildman–Crippen MR) is 73.5 cm³/mol. The number of carbonyl (C=O) groups excluding carboxylic acids is 1. The van der Waals surface area contributed by atoms with Gasteiger partial charge in [-0.25, -0.2) is 4.39 Å². The molecule has 0 saturated carbocycles. The third-order valence-corrected chi connectivity index (χ3v) is 2.59. The van der Waals surface area contributed by atoms with Crippen molar-refractivity contribution in [1.29, 1.82) is 0 Å². The minimum atomic E-state index is -0.481. The maximum Gasteiger partial charge on any atom is 0.257 e. The number of pyridine rings is 1. The Labute approximate surface area is 118 Å². The van der Waals surface area contributed by atoms with Crippen LogP contribution in [0.1, 0.15) is 10.4 Å². The van der Waals surface area contributed by atoms with Gasteiger partial charge >= 0.3 is 0 Å². The van der Waals surface area contributed by atoms with E-state index in [4.69, 9.17) is 0 Å². The SMILES string of the molecule is Cl.O=C(Nc1cc(Br)ccc1F)c1cccnc1. The molecule has 0 fully saturated rings. The number of amides is 1. The predicted octanol–water partition coefficient (Wildman–Crippen LogP) is 3.66. The molecule has 0 aliphatic carbocycles. The summed E-state index contributed by atoms with van der Waals surface area (Å²) in [7, 11) is 0. The van der Waals surface area contributed by atoms with Gasteiger partial charge in [0.1, 0.15) is 5.82 Å². The lowest BCUT2D eigenvalue weighted by molar-refractivity contribution is 0.102. The molecule has 0 radical (unpaired) electrons. The van der Waals surface area contributed by atoms with E-state index in [1.807, 2.05) is 0 Å². The first kappa shape index (κ1) is 14.6. The van der Waals surface area contributed by atoms with E-state index in [1.165, 1.54) is 18.3 Å². The van der Waals surface area contributed by atoms with Gasteiger partial charge in [0.15, 0.2) is 0 Å². The number of rotatable bonds is 2. The second-order valence-corrected chi connectivity index (χ2v) is 4.24. The van der Waals surface area contributed by atoms with Crippen LogP contribution in [0.4, 0.5) is 10.1 Å². The fourth-order valence-electron chi connectivity index (χ4n) is 1.28. The molecule has 0 unspecified atom stereocenters. The summed E-state index contributed by atoms with van der Waals surface area (Å²) < 4.78 is 14.1. The Hall–Kier alpha value is -1.46. The van der Waals surface area contributed by atoms with Gasteiger partial charge in [-0.3, -0.25) is 9.78 Å². The minimum absolute atomic E-state index is 0. The summed E-state index contributed by atoms with van der Waals surface area (Å²) in [6.07, 6.45) is 2.99. The molecule has 1 N–H and O–H groups in total. The Balaban J connectivity index is 0.00000162. The number of benzene rings is 1. The highest BCUT2D eigenvalue weighted by Gasteiger charge is 2.09. The van der Waals surface area contributed by atoms with Gasteiger partial charge in [-0.05, 0) is 30.3 Å². The first-order chi connectivity index (χ1) is 8.16. The fourth-order valence-corrected chi connectivity index (χ4v) is 1.65. The lowest BCUT2D eigenvalue weighted by Gasteiger charge is -2.06. The number of hydrogen-bond acceptors (Lipinski definition) is 2. The summed E-state index contributed by atoms with van der Waals surface area (Å²) in [6, 6.07) is 7.60. The molecule has 1 amide bonds. The van der Waals surface area contributed by atoms with Gasteiger partial charge in [0, 0.05) is 16.9 Å². The number of anilines is 1. The molecule has 18 heavy (non-hydrogen) atoms. The zero-order valence-electron chi connectivity index (χ0n) is 9.06. The van der Waals surface area contributed by atoms with E-state index in [9.17, 15) is 9.18 Å². The second-order valence-electron chi connectivity index (χ2n) is 3.32. The van der Waals surface area contributed by atoms with Crippen molar-refractivity contribution in [2.45, 2.75) is 0 Å². The normalized spacial score (nSPS) is 9.44. The third kappa shape index (κ3) is 3.51. The lowest BCUT2D eigenvalue weighted by atomic mass is 10.2. The maximum atomic E-state index is 13.4. The quantitative estimate of drug-likeness (QED) is 0.912. The highest BCUT2D eigenvalue weighted by Crippen LogP contribution is 2.20. The molecule has 0 bridgehead atoms. The number of nitrogens with one attached hydrogen (secondary N) is 1. The molecule has 6 heteroatoms. The molecule has 0 aliphatic heterocycles. The van der Waals surface area contributed by atoms with Crippen LogP contribution in [0.2, 0.25) is 0 Å². The van der Waals surface area contributed by atoms with E-state index < -0.39 is 11.7 Å². The van der Waals surface area contributed by atoms with Crippen LogP contribution in [0.15, 0.2) is 47.2 Å². The molecule has 0 atom stereocenters. The number of nitrogens with zero attached hydrogens (tertiary/aromatic N) is 1. The van der Waals surface area contributed by atoms with Crippen LogP contribution in [0.5, 0.6) is 0 Å². The van der Waals surface area contributed by atoms with Crippen molar-refractivity contribution in [2.75, 3.05) is 5.32 Å². The fraction of sp³-hybridized carbons (Fsp3) is 0. The number of carbonyl (C=O) groups is 1. The standard InChI is InChI=1S/C12H8BrFN2O.ClH/c13-9-3-4-10(14)11(6-9)16-12(17)8-2-1-5-15-7-8;/h1-7H,(H,16,17);1H. The first-order valence-electron chi connectivity index (χ1n) is 4.83. The molecule has 3 nitrogen and oxygen atoms in total. The molecule has 1 aromatic heterocycles. The Morgan fingerprint density at radius 3 is 2.78 bits per heavy atom. The van der Waals surface area contributed by atoms with Gasteiger partial charge in [-0.2, -0.15) is 0 Å². The van der Waals surface area contributed by atoms with E-state index in [0.29, 0.717) is 10.0 Å². The van der Waals surface area contributed by atoms with Gasteiger partial charge in [-0.1, -0.05) is 15.9 Å². The summed E-state index contributed by atoms with van der Waals surface area (Å²) in [5.74, 6) is -0.874. The number of halogens is 3. The van der Waals surface area contributed by atoms with Crippen molar-refractivity contribution in [2.24, 2.45) is 0 Å².